The van der Waals surface area contributed by atoms with Crippen LogP contribution >= 0.6 is 0 Å². The molecule has 4 nitrogen and oxygen atoms in total. The lowest BCUT2D eigenvalue weighted by atomic mass is 9.70. The van der Waals surface area contributed by atoms with E-state index in [1.807, 2.05) is 48.5 Å². The number of ketones is 1. The second-order valence-corrected chi connectivity index (χ2v) is 10.2. The summed E-state index contributed by atoms with van der Waals surface area (Å²) in [5.74, 6) is 0.192. The topological polar surface area (TPSA) is 55.4 Å². The zero-order valence-electron chi connectivity index (χ0n) is 18.3. The van der Waals surface area contributed by atoms with Crippen LogP contribution in [0.1, 0.15) is 94.9 Å². The molecule has 1 amide bonds. The van der Waals surface area contributed by atoms with Gasteiger partial charge >= 0.3 is 0 Å². The maximum absolute atomic E-state index is 13.0. The van der Waals surface area contributed by atoms with Gasteiger partial charge in [-0.05, 0) is 52.4 Å². The Morgan fingerprint density at radius 1 is 0.920 bits per heavy atom. The smallest absolute Gasteiger partial charge is 0.220 e. The van der Waals surface area contributed by atoms with E-state index in [9.17, 15) is 9.59 Å². The van der Waals surface area contributed by atoms with Gasteiger partial charge in [-0.15, -0.1) is 0 Å². The minimum absolute atomic E-state index is 0.0640. The average molecular weight is 356 g/mol. The Labute approximate surface area is 155 Å². The number of hydrogen-bond donors (Lipinski definition) is 1. The number of ether oxygens (including phenoxy) is 1. The number of carbonyl (C=O) groups excluding carboxylic acids is 2. The van der Waals surface area contributed by atoms with Crippen LogP contribution in [0.2, 0.25) is 0 Å². The molecule has 0 aromatic rings. The van der Waals surface area contributed by atoms with E-state index in [0.29, 0.717) is 19.4 Å². The van der Waals surface area contributed by atoms with Crippen LogP contribution in [-0.4, -0.2) is 29.4 Å². The summed E-state index contributed by atoms with van der Waals surface area (Å²) in [6.07, 6.45) is 2.85. The molecule has 1 N–H and O–H groups in total. The molecule has 0 heterocycles. The first kappa shape index (κ1) is 24.1. The fourth-order valence-electron chi connectivity index (χ4n) is 3.58. The van der Waals surface area contributed by atoms with Crippen molar-refractivity contribution in [3.05, 3.63) is 0 Å². The van der Waals surface area contributed by atoms with Gasteiger partial charge in [-0.2, -0.15) is 0 Å². The van der Waals surface area contributed by atoms with Crippen molar-refractivity contribution in [1.82, 2.24) is 5.32 Å². The number of amides is 1. The molecular formula is C21H41NO3. The van der Waals surface area contributed by atoms with Gasteiger partial charge in [-0.1, -0.05) is 41.5 Å². The van der Waals surface area contributed by atoms with E-state index < -0.39 is 11.0 Å². The zero-order valence-corrected chi connectivity index (χ0v) is 18.3. The highest BCUT2D eigenvalue weighted by Crippen LogP contribution is 2.37. The van der Waals surface area contributed by atoms with E-state index >= 15 is 0 Å². The predicted molar refractivity (Wildman–Crippen MR) is 105 cm³/mol. The Morgan fingerprint density at radius 2 is 1.44 bits per heavy atom. The van der Waals surface area contributed by atoms with Crippen LogP contribution in [0.4, 0.5) is 0 Å². The van der Waals surface area contributed by atoms with E-state index in [1.165, 1.54) is 0 Å². The molecule has 0 unspecified atom stereocenters. The van der Waals surface area contributed by atoms with Gasteiger partial charge in [0, 0.05) is 17.4 Å². The third kappa shape index (κ3) is 9.39. The number of carbonyl (C=O) groups is 2. The Bertz CT molecular complexity index is 456. The van der Waals surface area contributed by atoms with Gasteiger partial charge in [-0.3, -0.25) is 9.59 Å². The van der Waals surface area contributed by atoms with Crippen LogP contribution in [0.5, 0.6) is 0 Å². The molecular weight excluding hydrogens is 314 g/mol. The minimum atomic E-state index is -0.835. The molecule has 4 heteroatoms. The van der Waals surface area contributed by atoms with Gasteiger partial charge in [0.05, 0.1) is 6.61 Å². The maximum atomic E-state index is 13.0. The van der Waals surface area contributed by atoms with Crippen molar-refractivity contribution in [2.45, 2.75) is 106 Å². The van der Waals surface area contributed by atoms with Crippen LogP contribution < -0.4 is 5.32 Å². The molecule has 0 saturated heterocycles. The summed E-state index contributed by atoms with van der Waals surface area (Å²) < 4.78 is 5.97. The molecule has 0 spiro atoms. The summed E-state index contributed by atoms with van der Waals surface area (Å²) in [7, 11) is 0. The van der Waals surface area contributed by atoms with Crippen molar-refractivity contribution < 1.29 is 14.3 Å². The lowest BCUT2D eigenvalue weighted by Gasteiger charge is -2.37. The summed E-state index contributed by atoms with van der Waals surface area (Å²) in [5.41, 5.74) is -1.53. The van der Waals surface area contributed by atoms with Gasteiger partial charge in [0.15, 0.2) is 5.78 Å². The monoisotopic (exact) mass is 355 g/mol. The summed E-state index contributed by atoms with van der Waals surface area (Å²) in [6.45, 7) is 20.6. The predicted octanol–water partition coefficient (Wildman–Crippen LogP) is 4.90. The van der Waals surface area contributed by atoms with Crippen molar-refractivity contribution >= 4 is 11.7 Å². The van der Waals surface area contributed by atoms with Gasteiger partial charge in [0.25, 0.3) is 0 Å². The van der Waals surface area contributed by atoms with Crippen LogP contribution in [-0.2, 0) is 14.3 Å². The minimum Gasteiger partial charge on any atom is -0.368 e. The molecule has 0 rings (SSSR count). The first-order valence-electron chi connectivity index (χ1n) is 9.52. The third-order valence-corrected chi connectivity index (χ3v) is 4.28. The normalized spacial score (nSPS) is 13.7. The van der Waals surface area contributed by atoms with Crippen molar-refractivity contribution in [3.63, 3.8) is 0 Å². The lowest BCUT2D eigenvalue weighted by molar-refractivity contribution is -0.151. The van der Waals surface area contributed by atoms with E-state index in [-0.39, 0.29) is 22.6 Å². The molecule has 0 atom stereocenters. The highest BCUT2D eigenvalue weighted by molar-refractivity contribution is 5.91. The SMILES string of the molecule is CCCC(=O)NC(C)(C)CCOC(C)(C)C(=O)C(C)(C)CC(C)(C)C. The van der Waals surface area contributed by atoms with Gasteiger partial charge in [0.2, 0.25) is 5.91 Å². The Kier molecular flexibility index (Phi) is 8.35. The van der Waals surface area contributed by atoms with Crippen LogP contribution in [0.15, 0.2) is 0 Å². The molecule has 148 valence electrons. The fraction of sp³-hybridized carbons (Fsp3) is 0.905. The van der Waals surface area contributed by atoms with Crippen LogP contribution in [0, 0.1) is 10.8 Å². The molecule has 25 heavy (non-hydrogen) atoms. The van der Waals surface area contributed by atoms with Crippen molar-refractivity contribution in [2.75, 3.05) is 6.61 Å². The van der Waals surface area contributed by atoms with Crippen molar-refractivity contribution in [3.8, 4) is 0 Å². The molecule has 0 bridgehead atoms. The number of Topliss-reactive ketones (excluding diaryl/α,β-unsaturated/α-hetero) is 1. The molecule has 0 radical (unpaired) electrons. The number of rotatable bonds is 10. The molecule has 0 aromatic carbocycles. The van der Waals surface area contributed by atoms with Gasteiger partial charge < -0.3 is 10.1 Å². The Hall–Kier alpha value is -0.900. The van der Waals surface area contributed by atoms with Crippen molar-refractivity contribution in [2.24, 2.45) is 10.8 Å². The fourth-order valence-corrected chi connectivity index (χ4v) is 3.58. The molecule has 0 aliphatic heterocycles. The van der Waals surface area contributed by atoms with E-state index in [4.69, 9.17) is 4.74 Å². The largest absolute Gasteiger partial charge is 0.368 e. The Morgan fingerprint density at radius 3 is 1.88 bits per heavy atom. The summed E-state index contributed by atoms with van der Waals surface area (Å²) in [5, 5.41) is 3.03. The quantitative estimate of drug-likeness (QED) is 0.606. The van der Waals surface area contributed by atoms with Crippen molar-refractivity contribution in [1.29, 1.82) is 0 Å². The Balaban J connectivity index is 4.71. The van der Waals surface area contributed by atoms with E-state index in [0.717, 1.165) is 12.8 Å². The average Bonchev–Trinajstić information content (AvgIpc) is 2.33. The molecule has 0 aromatic heterocycles. The first-order chi connectivity index (χ1) is 11.0. The zero-order chi connectivity index (χ0) is 20.1. The standard InChI is InChI=1S/C21H41NO3/c1-11-12-16(23)22-20(7,8)13-14-25-21(9,10)17(24)19(5,6)15-18(2,3)4/h11-15H2,1-10H3,(H,22,23). The molecule has 0 aliphatic carbocycles. The summed E-state index contributed by atoms with van der Waals surface area (Å²) >= 11 is 0. The first-order valence-corrected chi connectivity index (χ1v) is 9.52. The summed E-state index contributed by atoms with van der Waals surface area (Å²) in [4.78, 5) is 24.8. The number of hydrogen-bond acceptors (Lipinski definition) is 3. The van der Waals surface area contributed by atoms with Gasteiger partial charge in [-0.25, -0.2) is 0 Å². The molecule has 0 aliphatic rings. The highest BCUT2D eigenvalue weighted by Gasteiger charge is 2.42. The maximum Gasteiger partial charge on any atom is 0.220 e. The molecule has 0 saturated carbocycles. The van der Waals surface area contributed by atoms with Crippen LogP contribution in [0.3, 0.4) is 0 Å². The summed E-state index contributed by atoms with van der Waals surface area (Å²) in [6, 6.07) is 0. The lowest BCUT2D eigenvalue weighted by Crippen LogP contribution is -2.47. The second kappa shape index (κ2) is 8.66. The van der Waals surface area contributed by atoms with E-state index in [2.05, 4.69) is 26.1 Å². The second-order valence-electron chi connectivity index (χ2n) is 10.2. The molecule has 0 fully saturated rings. The number of nitrogens with one attached hydrogen (secondary N) is 1. The third-order valence-electron chi connectivity index (χ3n) is 4.28. The highest BCUT2D eigenvalue weighted by atomic mass is 16.5. The van der Waals surface area contributed by atoms with Gasteiger partial charge in [0.1, 0.15) is 5.60 Å². The van der Waals surface area contributed by atoms with Crippen LogP contribution in [0.25, 0.3) is 0 Å². The van der Waals surface area contributed by atoms with E-state index in [1.54, 1.807) is 0 Å².